The summed E-state index contributed by atoms with van der Waals surface area (Å²) in [7, 11) is 0. The van der Waals surface area contributed by atoms with Gasteiger partial charge in [-0.25, -0.2) is 4.79 Å². The lowest BCUT2D eigenvalue weighted by atomic mass is 10.2. The third kappa shape index (κ3) is 8.65. The maximum atomic E-state index is 10.8. The Hall–Kier alpha value is -1.26. The number of hydrogen-bond donors (Lipinski definition) is 3. The molecule has 0 fully saturated rings. The summed E-state index contributed by atoms with van der Waals surface area (Å²) < 4.78 is 0. The molecule has 0 saturated heterocycles. The molecular weight excluding hydrogens is 172 g/mol. The predicted molar refractivity (Wildman–Crippen MR) is 48.6 cm³/mol. The number of nitrogens with one attached hydrogen (secondary N) is 2. The van der Waals surface area contributed by atoms with Crippen molar-refractivity contribution in [3.05, 3.63) is 0 Å². The van der Waals surface area contributed by atoms with Crippen LogP contribution in [0.5, 0.6) is 0 Å². The molecule has 13 heavy (non-hydrogen) atoms. The van der Waals surface area contributed by atoms with E-state index < -0.39 is 5.97 Å². The third-order valence-electron chi connectivity index (χ3n) is 1.44. The normalized spacial score (nSPS) is 9.31. The van der Waals surface area contributed by atoms with Crippen molar-refractivity contribution in [3.8, 4) is 0 Å². The zero-order valence-corrected chi connectivity index (χ0v) is 7.80. The van der Waals surface area contributed by atoms with Gasteiger partial charge in [0.15, 0.2) is 0 Å². The van der Waals surface area contributed by atoms with E-state index in [1.807, 2.05) is 6.92 Å². The summed E-state index contributed by atoms with van der Waals surface area (Å²) in [5.41, 5.74) is 0. The van der Waals surface area contributed by atoms with Gasteiger partial charge in [0.1, 0.15) is 0 Å². The molecule has 0 aliphatic carbocycles. The average molecular weight is 188 g/mol. The maximum Gasteiger partial charge on any atom is 0.314 e. The van der Waals surface area contributed by atoms with Gasteiger partial charge < -0.3 is 15.7 Å². The van der Waals surface area contributed by atoms with E-state index in [1.54, 1.807) is 0 Å². The van der Waals surface area contributed by atoms with Crippen LogP contribution in [-0.2, 0) is 4.79 Å². The van der Waals surface area contributed by atoms with Crippen LogP contribution in [0.4, 0.5) is 4.79 Å². The summed E-state index contributed by atoms with van der Waals surface area (Å²) in [4.78, 5) is 20.9. The zero-order chi connectivity index (χ0) is 10.1. The molecule has 0 aliphatic heterocycles. The molecule has 3 N–H and O–H groups in total. The Balaban J connectivity index is 3.16. The number of carboxylic acids is 1. The van der Waals surface area contributed by atoms with Gasteiger partial charge in [-0.1, -0.05) is 0 Å². The van der Waals surface area contributed by atoms with Crippen LogP contribution in [0.15, 0.2) is 0 Å². The topological polar surface area (TPSA) is 78.4 Å². The highest BCUT2D eigenvalue weighted by Gasteiger charge is 1.98. The minimum Gasteiger partial charge on any atom is -0.481 e. The second-order valence-electron chi connectivity index (χ2n) is 2.64. The molecule has 0 aromatic rings. The van der Waals surface area contributed by atoms with Crippen molar-refractivity contribution in [1.29, 1.82) is 0 Å². The van der Waals surface area contributed by atoms with Crippen LogP contribution in [0.1, 0.15) is 26.2 Å². The first-order chi connectivity index (χ1) is 6.16. The van der Waals surface area contributed by atoms with Gasteiger partial charge in [0, 0.05) is 19.5 Å². The summed E-state index contributed by atoms with van der Waals surface area (Å²) in [5.74, 6) is -0.794. The summed E-state index contributed by atoms with van der Waals surface area (Å²) in [6, 6.07) is -0.196. The summed E-state index contributed by atoms with van der Waals surface area (Å²) in [6.07, 6.45) is 1.46. The average Bonchev–Trinajstić information content (AvgIpc) is 2.03. The number of carbonyl (C=O) groups is 2. The molecule has 5 nitrogen and oxygen atoms in total. The van der Waals surface area contributed by atoms with Crippen molar-refractivity contribution in [2.75, 3.05) is 13.1 Å². The van der Waals surface area contributed by atoms with E-state index in [1.165, 1.54) is 0 Å². The van der Waals surface area contributed by atoms with Crippen molar-refractivity contribution in [3.63, 3.8) is 0 Å². The first-order valence-corrected chi connectivity index (χ1v) is 4.40. The highest BCUT2D eigenvalue weighted by atomic mass is 16.4. The van der Waals surface area contributed by atoms with Crippen molar-refractivity contribution in [2.45, 2.75) is 26.2 Å². The summed E-state index contributed by atoms with van der Waals surface area (Å²) in [5, 5.41) is 13.5. The van der Waals surface area contributed by atoms with Crippen LogP contribution in [0.3, 0.4) is 0 Å². The number of hydrogen-bond acceptors (Lipinski definition) is 2. The maximum absolute atomic E-state index is 10.8. The second-order valence-corrected chi connectivity index (χ2v) is 2.64. The molecule has 0 aromatic heterocycles. The number of rotatable bonds is 6. The minimum atomic E-state index is -0.794. The van der Waals surface area contributed by atoms with Gasteiger partial charge in [-0.05, 0) is 19.8 Å². The molecule has 0 unspecified atom stereocenters. The van der Waals surface area contributed by atoms with E-state index in [2.05, 4.69) is 10.6 Å². The molecule has 0 aromatic carbocycles. The molecular formula is C8H16N2O3. The molecule has 2 amide bonds. The molecule has 5 heteroatoms. The largest absolute Gasteiger partial charge is 0.481 e. The molecule has 0 bridgehead atoms. The molecule has 0 atom stereocenters. The standard InChI is InChI=1S/C8H16N2O3/c1-2-9-8(13)10-6-4-3-5-7(11)12/h2-6H2,1H3,(H,11,12)(H2,9,10,13). The zero-order valence-electron chi connectivity index (χ0n) is 7.80. The number of aliphatic carboxylic acids is 1. The van der Waals surface area contributed by atoms with Crippen molar-refractivity contribution in [2.24, 2.45) is 0 Å². The number of carbonyl (C=O) groups excluding carboxylic acids is 1. The van der Waals surface area contributed by atoms with Gasteiger partial charge in [-0.2, -0.15) is 0 Å². The van der Waals surface area contributed by atoms with Crippen molar-refractivity contribution < 1.29 is 14.7 Å². The molecule has 0 spiro atoms. The lowest BCUT2D eigenvalue weighted by Crippen LogP contribution is -2.35. The lowest BCUT2D eigenvalue weighted by molar-refractivity contribution is -0.137. The van der Waals surface area contributed by atoms with Gasteiger partial charge in [0.05, 0.1) is 0 Å². The van der Waals surface area contributed by atoms with Crippen molar-refractivity contribution >= 4 is 12.0 Å². The summed E-state index contributed by atoms with van der Waals surface area (Å²) in [6.45, 7) is 2.96. The number of urea groups is 1. The molecule has 0 rings (SSSR count). The van der Waals surface area contributed by atoms with E-state index in [9.17, 15) is 9.59 Å². The van der Waals surface area contributed by atoms with Gasteiger partial charge in [0.25, 0.3) is 0 Å². The fraction of sp³-hybridized carbons (Fsp3) is 0.750. The van der Waals surface area contributed by atoms with E-state index in [4.69, 9.17) is 5.11 Å². The van der Waals surface area contributed by atoms with Crippen LogP contribution in [0.2, 0.25) is 0 Å². The predicted octanol–water partition coefficient (Wildman–Crippen LogP) is 0.560. The number of carboxylic acid groups (broad SMARTS) is 1. The highest BCUT2D eigenvalue weighted by Crippen LogP contribution is 1.92. The SMILES string of the molecule is CCNC(=O)NCCCCC(=O)O. The number of amides is 2. The van der Waals surface area contributed by atoms with Crippen molar-refractivity contribution in [1.82, 2.24) is 10.6 Å². The second kappa shape index (κ2) is 7.39. The minimum absolute atomic E-state index is 0.164. The highest BCUT2D eigenvalue weighted by molar-refractivity contribution is 5.73. The van der Waals surface area contributed by atoms with E-state index in [-0.39, 0.29) is 12.5 Å². The molecule has 0 saturated carbocycles. The van der Waals surface area contributed by atoms with Gasteiger partial charge >= 0.3 is 12.0 Å². The Morgan fingerprint density at radius 2 is 1.92 bits per heavy atom. The Morgan fingerprint density at radius 1 is 1.23 bits per heavy atom. The first kappa shape index (κ1) is 11.7. The van der Waals surface area contributed by atoms with Crippen LogP contribution in [-0.4, -0.2) is 30.2 Å². The van der Waals surface area contributed by atoms with Crippen LogP contribution in [0.25, 0.3) is 0 Å². The fourth-order valence-electron chi connectivity index (χ4n) is 0.826. The Morgan fingerprint density at radius 3 is 2.46 bits per heavy atom. The quantitative estimate of drug-likeness (QED) is 0.533. The monoisotopic (exact) mass is 188 g/mol. The van der Waals surface area contributed by atoms with E-state index in [0.717, 1.165) is 0 Å². The van der Waals surface area contributed by atoms with Crippen LogP contribution >= 0.6 is 0 Å². The fourth-order valence-corrected chi connectivity index (χ4v) is 0.826. The molecule has 76 valence electrons. The lowest BCUT2D eigenvalue weighted by Gasteiger charge is -2.04. The Bertz CT molecular complexity index is 171. The first-order valence-electron chi connectivity index (χ1n) is 4.40. The molecule has 0 aliphatic rings. The summed E-state index contributed by atoms with van der Waals surface area (Å²) >= 11 is 0. The molecule has 0 heterocycles. The van der Waals surface area contributed by atoms with Crippen LogP contribution in [0, 0.1) is 0 Å². The Labute approximate surface area is 77.5 Å². The molecule has 0 radical (unpaired) electrons. The van der Waals surface area contributed by atoms with E-state index in [0.29, 0.717) is 25.9 Å². The van der Waals surface area contributed by atoms with Crippen LogP contribution < -0.4 is 10.6 Å². The smallest absolute Gasteiger partial charge is 0.314 e. The van der Waals surface area contributed by atoms with E-state index >= 15 is 0 Å². The van der Waals surface area contributed by atoms with Gasteiger partial charge in [-0.15, -0.1) is 0 Å². The third-order valence-corrected chi connectivity index (χ3v) is 1.44. The Kier molecular flexibility index (Phi) is 6.68. The van der Waals surface area contributed by atoms with Gasteiger partial charge in [-0.3, -0.25) is 4.79 Å². The van der Waals surface area contributed by atoms with Gasteiger partial charge in [0.2, 0.25) is 0 Å². The number of unbranched alkanes of at least 4 members (excludes halogenated alkanes) is 1.